The van der Waals surface area contributed by atoms with E-state index in [9.17, 15) is 4.79 Å². The van der Waals surface area contributed by atoms with Crippen LogP contribution >= 0.6 is 28.3 Å². The standard InChI is InChI=1S/C18H27BrN2O.ClH/c1-14-13-16(3-5-17(14)19)4-6-18(22)21-11-8-15(9-12-21)7-10-20-2;/h3,5,13,15,20H,4,6-12H2,1-2H3;1H. The van der Waals surface area contributed by atoms with Crippen LogP contribution in [0.1, 0.15) is 36.8 Å². The minimum atomic E-state index is 0. The van der Waals surface area contributed by atoms with Gasteiger partial charge in [-0.25, -0.2) is 0 Å². The maximum Gasteiger partial charge on any atom is 0.222 e. The van der Waals surface area contributed by atoms with Crippen molar-refractivity contribution in [3.05, 3.63) is 33.8 Å². The minimum absolute atomic E-state index is 0. The van der Waals surface area contributed by atoms with Gasteiger partial charge in [0.2, 0.25) is 5.91 Å². The van der Waals surface area contributed by atoms with E-state index in [0.717, 1.165) is 49.3 Å². The van der Waals surface area contributed by atoms with Gasteiger partial charge in [-0.05, 0) is 69.3 Å². The number of rotatable bonds is 6. The topological polar surface area (TPSA) is 32.3 Å². The predicted molar refractivity (Wildman–Crippen MR) is 102 cm³/mol. The first kappa shape index (κ1) is 20.5. The zero-order valence-corrected chi connectivity index (χ0v) is 16.5. The lowest BCUT2D eigenvalue weighted by molar-refractivity contribution is -0.132. The van der Waals surface area contributed by atoms with Crippen LogP contribution in [0, 0.1) is 12.8 Å². The largest absolute Gasteiger partial charge is 0.343 e. The highest BCUT2D eigenvalue weighted by molar-refractivity contribution is 9.10. The molecule has 1 heterocycles. The van der Waals surface area contributed by atoms with Gasteiger partial charge in [-0.2, -0.15) is 0 Å². The summed E-state index contributed by atoms with van der Waals surface area (Å²) in [4.78, 5) is 14.4. The van der Waals surface area contributed by atoms with Crippen molar-refractivity contribution in [2.24, 2.45) is 5.92 Å². The van der Waals surface area contributed by atoms with Gasteiger partial charge < -0.3 is 10.2 Å². The molecule has 0 aliphatic carbocycles. The summed E-state index contributed by atoms with van der Waals surface area (Å²) in [5.74, 6) is 1.10. The first-order valence-electron chi connectivity index (χ1n) is 8.27. The van der Waals surface area contributed by atoms with Gasteiger partial charge >= 0.3 is 0 Å². The number of nitrogens with zero attached hydrogens (tertiary/aromatic N) is 1. The fraction of sp³-hybridized carbons (Fsp3) is 0.611. The number of hydrogen-bond donors (Lipinski definition) is 1. The van der Waals surface area contributed by atoms with Gasteiger partial charge in [-0.3, -0.25) is 4.79 Å². The summed E-state index contributed by atoms with van der Waals surface area (Å²) >= 11 is 3.52. The molecule has 0 saturated carbocycles. The molecule has 130 valence electrons. The molecule has 0 atom stereocenters. The predicted octanol–water partition coefficient (Wildman–Crippen LogP) is 3.96. The Balaban J connectivity index is 0.00000264. The number of piperidine rings is 1. The second-order valence-electron chi connectivity index (χ2n) is 6.30. The summed E-state index contributed by atoms with van der Waals surface area (Å²) in [6.45, 7) is 5.05. The van der Waals surface area contributed by atoms with Crippen LogP contribution in [-0.4, -0.2) is 37.5 Å². The number of likely N-dealkylation sites (tertiary alicyclic amines) is 1. The summed E-state index contributed by atoms with van der Waals surface area (Å²) < 4.78 is 1.13. The van der Waals surface area contributed by atoms with Crippen molar-refractivity contribution < 1.29 is 4.79 Å². The third-order valence-corrected chi connectivity index (χ3v) is 5.51. The molecule has 1 aliphatic rings. The summed E-state index contributed by atoms with van der Waals surface area (Å²) in [5, 5.41) is 3.21. The zero-order valence-electron chi connectivity index (χ0n) is 14.1. The van der Waals surface area contributed by atoms with Crippen LogP contribution in [0.15, 0.2) is 22.7 Å². The van der Waals surface area contributed by atoms with Crippen molar-refractivity contribution in [3.63, 3.8) is 0 Å². The number of amides is 1. The molecule has 3 nitrogen and oxygen atoms in total. The van der Waals surface area contributed by atoms with E-state index >= 15 is 0 Å². The Morgan fingerprint density at radius 2 is 2.04 bits per heavy atom. The molecule has 1 saturated heterocycles. The monoisotopic (exact) mass is 402 g/mol. The van der Waals surface area contributed by atoms with Crippen molar-refractivity contribution in [2.75, 3.05) is 26.7 Å². The number of nitrogens with one attached hydrogen (secondary N) is 1. The molecule has 0 aromatic heterocycles. The fourth-order valence-corrected chi connectivity index (χ4v) is 3.34. The summed E-state index contributed by atoms with van der Waals surface area (Å²) in [5.41, 5.74) is 2.48. The quantitative estimate of drug-likeness (QED) is 0.779. The Morgan fingerprint density at radius 3 is 2.65 bits per heavy atom. The second kappa shape index (κ2) is 10.3. The smallest absolute Gasteiger partial charge is 0.222 e. The van der Waals surface area contributed by atoms with Crippen LogP contribution in [0.3, 0.4) is 0 Å². The minimum Gasteiger partial charge on any atom is -0.343 e. The Hall–Kier alpha value is -0.580. The number of carbonyl (C=O) groups excluding carboxylic acids is 1. The van der Waals surface area contributed by atoms with Crippen LogP contribution in [0.2, 0.25) is 0 Å². The average Bonchev–Trinajstić information content (AvgIpc) is 2.54. The van der Waals surface area contributed by atoms with Gasteiger partial charge in [-0.15, -0.1) is 12.4 Å². The van der Waals surface area contributed by atoms with E-state index in [-0.39, 0.29) is 12.4 Å². The van der Waals surface area contributed by atoms with E-state index < -0.39 is 0 Å². The van der Waals surface area contributed by atoms with E-state index in [0.29, 0.717) is 12.3 Å². The van der Waals surface area contributed by atoms with Crippen LogP contribution in [0.25, 0.3) is 0 Å². The van der Waals surface area contributed by atoms with Gasteiger partial charge in [-0.1, -0.05) is 28.1 Å². The molecule has 5 heteroatoms. The van der Waals surface area contributed by atoms with E-state index in [4.69, 9.17) is 0 Å². The Labute approximate surface area is 154 Å². The van der Waals surface area contributed by atoms with Crippen molar-refractivity contribution in [1.82, 2.24) is 10.2 Å². The van der Waals surface area contributed by atoms with Crippen molar-refractivity contribution >= 4 is 34.2 Å². The molecule has 1 aliphatic heterocycles. The zero-order chi connectivity index (χ0) is 15.9. The van der Waals surface area contributed by atoms with Crippen LogP contribution < -0.4 is 5.32 Å². The van der Waals surface area contributed by atoms with Gasteiger partial charge in [0.1, 0.15) is 0 Å². The lowest BCUT2D eigenvalue weighted by Gasteiger charge is -2.32. The maximum absolute atomic E-state index is 12.3. The molecule has 1 aromatic carbocycles. The molecule has 0 bridgehead atoms. The summed E-state index contributed by atoms with van der Waals surface area (Å²) in [6.07, 6.45) is 5.02. The number of benzene rings is 1. The number of carbonyl (C=O) groups is 1. The molecule has 0 spiro atoms. The van der Waals surface area contributed by atoms with Gasteiger partial charge in [0.05, 0.1) is 0 Å². The van der Waals surface area contributed by atoms with E-state index in [1.54, 1.807) is 0 Å². The molecular formula is C18H28BrClN2O. The van der Waals surface area contributed by atoms with Crippen molar-refractivity contribution in [1.29, 1.82) is 0 Å². The molecule has 0 unspecified atom stereocenters. The van der Waals surface area contributed by atoms with Gasteiger partial charge in [0.25, 0.3) is 0 Å². The fourth-order valence-electron chi connectivity index (χ4n) is 3.09. The van der Waals surface area contributed by atoms with Crippen molar-refractivity contribution in [2.45, 2.75) is 39.0 Å². The highest BCUT2D eigenvalue weighted by atomic mass is 79.9. The normalized spacial score (nSPS) is 15.3. The third-order valence-electron chi connectivity index (χ3n) is 4.62. The number of aryl methyl sites for hydroxylation is 2. The molecule has 0 radical (unpaired) electrons. The molecule has 1 N–H and O–H groups in total. The third kappa shape index (κ3) is 6.44. The SMILES string of the molecule is CNCCC1CCN(C(=O)CCc2ccc(Br)c(C)c2)CC1.Cl. The molecular weight excluding hydrogens is 376 g/mol. The average molecular weight is 404 g/mol. The summed E-state index contributed by atoms with van der Waals surface area (Å²) in [7, 11) is 2.00. The van der Waals surface area contributed by atoms with Gasteiger partial charge in [0, 0.05) is 24.0 Å². The first-order valence-corrected chi connectivity index (χ1v) is 9.07. The highest BCUT2D eigenvalue weighted by Crippen LogP contribution is 2.21. The second-order valence-corrected chi connectivity index (χ2v) is 7.15. The van der Waals surface area contributed by atoms with Crippen LogP contribution in [-0.2, 0) is 11.2 Å². The maximum atomic E-state index is 12.3. The Morgan fingerprint density at radius 1 is 1.35 bits per heavy atom. The molecule has 1 aromatic rings. The van der Waals surface area contributed by atoms with Crippen LogP contribution in [0.5, 0.6) is 0 Å². The van der Waals surface area contributed by atoms with E-state index in [1.165, 1.54) is 17.5 Å². The Kier molecular flexibility index (Phi) is 9.18. The van der Waals surface area contributed by atoms with E-state index in [2.05, 4.69) is 51.3 Å². The first-order chi connectivity index (χ1) is 10.6. The summed E-state index contributed by atoms with van der Waals surface area (Å²) in [6, 6.07) is 6.35. The number of halogens is 2. The van der Waals surface area contributed by atoms with E-state index in [1.807, 2.05) is 7.05 Å². The number of hydrogen-bond acceptors (Lipinski definition) is 2. The highest BCUT2D eigenvalue weighted by Gasteiger charge is 2.22. The lowest BCUT2D eigenvalue weighted by atomic mass is 9.93. The van der Waals surface area contributed by atoms with Crippen LogP contribution in [0.4, 0.5) is 0 Å². The van der Waals surface area contributed by atoms with Crippen molar-refractivity contribution in [3.8, 4) is 0 Å². The molecule has 1 fully saturated rings. The molecule has 23 heavy (non-hydrogen) atoms. The van der Waals surface area contributed by atoms with Gasteiger partial charge in [0.15, 0.2) is 0 Å². The lowest BCUT2D eigenvalue weighted by Crippen LogP contribution is -2.39. The molecule has 2 rings (SSSR count). The Bertz CT molecular complexity index is 502. The molecule has 1 amide bonds.